The molecule has 1 atom stereocenters. The van der Waals surface area contributed by atoms with Crippen LogP contribution in [0.15, 0.2) is 18.2 Å². The van der Waals surface area contributed by atoms with Crippen LogP contribution in [0.5, 0.6) is 11.5 Å². The minimum atomic E-state index is -0.262. The second-order valence-electron chi connectivity index (χ2n) is 6.51. The Hall–Kier alpha value is -1.95. The molecule has 1 aromatic carbocycles. The van der Waals surface area contributed by atoms with Crippen molar-refractivity contribution in [2.75, 3.05) is 40.1 Å². The molecular formula is C18H26N2O4. The third-order valence-corrected chi connectivity index (χ3v) is 4.75. The zero-order chi connectivity index (χ0) is 16.9. The molecule has 2 aliphatic heterocycles. The first-order valence-electron chi connectivity index (χ1n) is 8.64. The van der Waals surface area contributed by atoms with Crippen molar-refractivity contribution in [3.63, 3.8) is 0 Å². The number of likely N-dealkylation sites (N-methyl/N-ethyl adjacent to an activating group) is 1. The third kappa shape index (κ3) is 4.12. The van der Waals surface area contributed by atoms with E-state index in [0.29, 0.717) is 6.61 Å². The Labute approximate surface area is 143 Å². The Morgan fingerprint density at radius 3 is 2.83 bits per heavy atom. The van der Waals surface area contributed by atoms with Gasteiger partial charge in [-0.05, 0) is 57.0 Å². The van der Waals surface area contributed by atoms with Gasteiger partial charge in [0.2, 0.25) is 6.79 Å². The maximum atomic E-state index is 12.2. The number of nitrogens with zero attached hydrogens (tertiary/aromatic N) is 2. The monoisotopic (exact) mass is 334 g/mol. The van der Waals surface area contributed by atoms with Gasteiger partial charge in [-0.1, -0.05) is 6.07 Å². The smallest absolute Gasteiger partial charge is 0.409 e. The number of carbonyl (C=O) groups excluding carboxylic acids is 1. The van der Waals surface area contributed by atoms with Crippen molar-refractivity contribution >= 4 is 6.09 Å². The quantitative estimate of drug-likeness (QED) is 0.800. The summed E-state index contributed by atoms with van der Waals surface area (Å²) in [6.07, 6.45) is 2.98. The summed E-state index contributed by atoms with van der Waals surface area (Å²) in [5.74, 6) is 1.55. The van der Waals surface area contributed by atoms with Crippen LogP contribution in [0.4, 0.5) is 4.79 Å². The van der Waals surface area contributed by atoms with Gasteiger partial charge in [0, 0.05) is 19.6 Å². The van der Waals surface area contributed by atoms with Crippen LogP contribution >= 0.6 is 0 Å². The highest BCUT2D eigenvalue weighted by atomic mass is 16.7. The fourth-order valence-corrected chi connectivity index (χ4v) is 3.10. The summed E-state index contributed by atoms with van der Waals surface area (Å²) in [4.78, 5) is 16.2. The number of hydrogen-bond donors (Lipinski definition) is 0. The van der Waals surface area contributed by atoms with Gasteiger partial charge in [-0.25, -0.2) is 4.79 Å². The minimum absolute atomic E-state index is 0.0460. The normalized spacial score (nSPS) is 17.8. The highest BCUT2D eigenvalue weighted by Crippen LogP contribution is 2.32. The summed E-state index contributed by atoms with van der Waals surface area (Å²) in [5, 5.41) is 0. The van der Waals surface area contributed by atoms with Crippen molar-refractivity contribution in [2.24, 2.45) is 0 Å². The lowest BCUT2D eigenvalue weighted by Gasteiger charge is -2.25. The average Bonchev–Trinajstić information content (AvgIpc) is 3.24. The lowest BCUT2D eigenvalue weighted by atomic mass is 10.1. The summed E-state index contributed by atoms with van der Waals surface area (Å²) in [5.41, 5.74) is 1.11. The highest BCUT2D eigenvalue weighted by molar-refractivity contribution is 5.67. The van der Waals surface area contributed by atoms with E-state index in [-0.39, 0.29) is 18.9 Å². The molecule has 132 valence electrons. The molecule has 24 heavy (non-hydrogen) atoms. The Morgan fingerprint density at radius 1 is 1.29 bits per heavy atom. The van der Waals surface area contributed by atoms with E-state index < -0.39 is 0 Å². The van der Waals surface area contributed by atoms with Gasteiger partial charge in [0.25, 0.3) is 0 Å². The number of likely N-dealkylation sites (tertiary alicyclic amines) is 1. The maximum Gasteiger partial charge on any atom is 0.409 e. The number of rotatable bonds is 6. The molecule has 0 N–H and O–H groups in total. The standard InChI is InChI=1S/C18H26N2O4/c1-14(11-15-5-6-16-17(12-15)24-13-23-16)19(2)18(21)22-10-9-20-7-3-4-8-20/h5-6,12,14H,3-4,7-11,13H2,1-2H3. The molecule has 6 heteroatoms. The second kappa shape index (κ2) is 7.75. The van der Waals surface area contributed by atoms with E-state index in [9.17, 15) is 4.79 Å². The van der Waals surface area contributed by atoms with Gasteiger partial charge in [0.1, 0.15) is 6.61 Å². The van der Waals surface area contributed by atoms with Crippen molar-refractivity contribution in [1.29, 1.82) is 0 Å². The Bertz CT molecular complexity index is 572. The molecule has 2 aliphatic rings. The van der Waals surface area contributed by atoms with Crippen LogP contribution < -0.4 is 9.47 Å². The van der Waals surface area contributed by atoms with E-state index in [1.54, 1.807) is 11.9 Å². The van der Waals surface area contributed by atoms with Gasteiger partial charge in [0.15, 0.2) is 11.5 Å². The molecule has 0 aliphatic carbocycles. The SMILES string of the molecule is CC(Cc1ccc2c(c1)OCO2)N(C)C(=O)OCCN1CCCC1. The van der Waals surface area contributed by atoms with E-state index >= 15 is 0 Å². The predicted octanol–water partition coefficient (Wildman–Crippen LogP) is 2.51. The number of benzene rings is 1. The zero-order valence-electron chi connectivity index (χ0n) is 14.5. The summed E-state index contributed by atoms with van der Waals surface area (Å²) in [6, 6.07) is 5.95. The number of amides is 1. The predicted molar refractivity (Wildman–Crippen MR) is 90.5 cm³/mol. The zero-order valence-corrected chi connectivity index (χ0v) is 14.5. The lowest BCUT2D eigenvalue weighted by Crippen LogP contribution is -2.38. The van der Waals surface area contributed by atoms with Crippen molar-refractivity contribution < 1.29 is 19.0 Å². The first-order chi connectivity index (χ1) is 11.6. The Balaban J connectivity index is 1.44. The molecule has 0 aromatic heterocycles. The van der Waals surface area contributed by atoms with Crippen LogP contribution in [-0.2, 0) is 11.2 Å². The molecule has 1 unspecified atom stereocenters. The van der Waals surface area contributed by atoms with Crippen molar-refractivity contribution in [1.82, 2.24) is 9.80 Å². The van der Waals surface area contributed by atoms with Crippen LogP contribution in [-0.4, -0.2) is 62.0 Å². The average molecular weight is 334 g/mol. The molecule has 0 saturated carbocycles. The second-order valence-corrected chi connectivity index (χ2v) is 6.51. The number of hydrogen-bond acceptors (Lipinski definition) is 5. The van der Waals surface area contributed by atoms with Gasteiger partial charge in [-0.3, -0.25) is 4.90 Å². The van der Waals surface area contributed by atoms with Crippen LogP contribution in [0.3, 0.4) is 0 Å². The molecule has 1 fully saturated rings. The van der Waals surface area contributed by atoms with Crippen molar-refractivity contribution in [2.45, 2.75) is 32.2 Å². The van der Waals surface area contributed by atoms with E-state index in [4.69, 9.17) is 14.2 Å². The molecule has 1 aromatic rings. The molecular weight excluding hydrogens is 308 g/mol. The first kappa shape index (κ1) is 16.9. The van der Waals surface area contributed by atoms with Crippen LogP contribution in [0, 0.1) is 0 Å². The van der Waals surface area contributed by atoms with Crippen LogP contribution in [0.25, 0.3) is 0 Å². The Kier molecular flexibility index (Phi) is 5.45. The number of fused-ring (bicyclic) bond motifs is 1. The van der Waals surface area contributed by atoms with E-state index in [2.05, 4.69) is 4.90 Å². The third-order valence-electron chi connectivity index (χ3n) is 4.75. The van der Waals surface area contributed by atoms with Gasteiger partial charge < -0.3 is 19.1 Å². The summed E-state index contributed by atoms with van der Waals surface area (Å²) < 4.78 is 16.1. The molecule has 0 bridgehead atoms. The molecule has 0 radical (unpaired) electrons. The largest absolute Gasteiger partial charge is 0.454 e. The highest BCUT2D eigenvalue weighted by Gasteiger charge is 2.20. The summed E-state index contributed by atoms with van der Waals surface area (Å²) >= 11 is 0. The Morgan fingerprint density at radius 2 is 2.04 bits per heavy atom. The summed E-state index contributed by atoms with van der Waals surface area (Å²) in [6.45, 7) is 5.82. The molecule has 6 nitrogen and oxygen atoms in total. The molecule has 1 amide bonds. The fourth-order valence-electron chi connectivity index (χ4n) is 3.10. The minimum Gasteiger partial charge on any atom is -0.454 e. The fraction of sp³-hybridized carbons (Fsp3) is 0.611. The van der Waals surface area contributed by atoms with Crippen molar-refractivity contribution in [3.05, 3.63) is 23.8 Å². The van der Waals surface area contributed by atoms with Crippen LogP contribution in [0.1, 0.15) is 25.3 Å². The van der Waals surface area contributed by atoms with Gasteiger partial charge in [-0.2, -0.15) is 0 Å². The summed E-state index contributed by atoms with van der Waals surface area (Å²) in [7, 11) is 1.79. The molecule has 0 spiro atoms. The number of carbonyl (C=O) groups is 1. The first-order valence-corrected chi connectivity index (χ1v) is 8.64. The van der Waals surface area contributed by atoms with Crippen LogP contribution in [0.2, 0.25) is 0 Å². The van der Waals surface area contributed by atoms with E-state index in [1.807, 2.05) is 25.1 Å². The molecule has 1 saturated heterocycles. The lowest BCUT2D eigenvalue weighted by molar-refractivity contribution is 0.0909. The molecule has 3 rings (SSSR count). The van der Waals surface area contributed by atoms with E-state index in [1.165, 1.54) is 12.8 Å². The topological polar surface area (TPSA) is 51.2 Å². The number of ether oxygens (including phenoxy) is 3. The van der Waals surface area contributed by atoms with Gasteiger partial charge >= 0.3 is 6.09 Å². The van der Waals surface area contributed by atoms with Gasteiger partial charge in [-0.15, -0.1) is 0 Å². The maximum absolute atomic E-state index is 12.2. The molecule has 2 heterocycles. The van der Waals surface area contributed by atoms with E-state index in [0.717, 1.165) is 43.1 Å². The van der Waals surface area contributed by atoms with Gasteiger partial charge in [0.05, 0.1) is 0 Å². The van der Waals surface area contributed by atoms with Crippen molar-refractivity contribution in [3.8, 4) is 11.5 Å².